The molecule has 1 heterocycles. The third-order valence-electron chi connectivity index (χ3n) is 1.49. The number of carboxylic acids is 1. The molecule has 3 N–H and O–H groups in total. The summed E-state index contributed by atoms with van der Waals surface area (Å²) in [5.74, 6) is -1.02. The van der Waals surface area contributed by atoms with Gasteiger partial charge in [-0.1, -0.05) is 0 Å². The van der Waals surface area contributed by atoms with Crippen LogP contribution in [0.25, 0.3) is 0 Å². The van der Waals surface area contributed by atoms with Crippen molar-refractivity contribution in [2.45, 2.75) is 18.9 Å². The molecular weight excluding hydrogens is 166 g/mol. The zero-order chi connectivity index (χ0) is 8.97. The first-order valence-electron chi connectivity index (χ1n) is 3.57. The Hall–Kier alpha value is -0.690. The number of hydrogen-bond acceptors (Lipinski definition) is 5. The lowest BCUT2D eigenvalue weighted by molar-refractivity contribution is -0.335. The molecule has 1 rings (SSSR count). The average Bonchev–Trinajstić information content (AvgIpc) is 1.93. The molecule has 0 radical (unpaired) electrons. The summed E-state index contributed by atoms with van der Waals surface area (Å²) in [5, 5.41) is 19.6. The van der Waals surface area contributed by atoms with Gasteiger partial charge in [-0.05, 0) is 6.42 Å². The van der Waals surface area contributed by atoms with Gasteiger partial charge in [-0.3, -0.25) is 10.1 Å². The highest BCUT2D eigenvalue weighted by atomic mass is 16.9. The second-order valence-corrected chi connectivity index (χ2v) is 2.35. The highest BCUT2D eigenvalue weighted by molar-refractivity contribution is 5.73. The van der Waals surface area contributed by atoms with Crippen LogP contribution in [-0.4, -0.2) is 42.0 Å². The highest BCUT2D eigenvalue weighted by Crippen LogP contribution is 2.05. The molecule has 0 unspecified atom stereocenters. The molecule has 1 aliphatic heterocycles. The number of ether oxygens (including phenoxy) is 2. The van der Waals surface area contributed by atoms with E-state index in [2.05, 4.69) is 5.32 Å². The molecule has 1 atom stereocenters. The number of nitrogens with one attached hydrogen (secondary N) is 1. The average molecular weight is 177 g/mol. The Morgan fingerprint density at radius 3 is 2.67 bits per heavy atom. The van der Waals surface area contributed by atoms with Crippen molar-refractivity contribution in [3.63, 3.8) is 0 Å². The van der Waals surface area contributed by atoms with E-state index in [0.717, 1.165) is 0 Å². The molecular formula is C6H11NO5. The molecule has 0 aromatic carbocycles. The third-order valence-corrected chi connectivity index (χ3v) is 1.49. The number of aliphatic hydroxyl groups excluding tert-OH is 1. The summed E-state index contributed by atoms with van der Waals surface area (Å²) < 4.78 is 9.56. The summed E-state index contributed by atoms with van der Waals surface area (Å²) in [6.45, 7) is -0.000181. The monoisotopic (exact) mass is 177 g/mol. The van der Waals surface area contributed by atoms with Crippen molar-refractivity contribution >= 4 is 5.97 Å². The van der Waals surface area contributed by atoms with Crippen LogP contribution in [0.1, 0.15) is 6.42 Å². The molecule has 0 saturated carbocycles. The van der Waals surface area contributed by atoms with Gasteiger partial charge in [-0.25, -0.2) is 0 Å². The maximum atomic E-state index is 10.5. The fraction of sp³-hybridized carbons (Fsp3) is 0.833. The van der Waals surface area contributed by atoms with Crippen molar-refractivity contribution < 1.29 is 24.5 Å². The Labute approximate surface area is 69.1 Å². The van der Waals surface area contributed by atoms with Crippen LogP contribution in [0.15, 0.2) is 0 Å². The number of carbonyl (C=O) groups is 1. The van der Waals surface area contributed by atoms with Crippen LogP contribution < -0.4 is 5.32 Å². The maximum Gasteiger partial charge on any atom is 0.320 e. The fourth-order valence-electron chi connectivity index (χ4n) is 0.804. The van der Waals surface area contributed by atoms with E-state index >= 15 is 0 Å². The molecule has 1 fully saturated rings. The zero-order valence-electron chi connectivity index (χ0n) is 6.40. The molecule has 12 heavy (non-hydrogen) atoms. The number of aliphatic carboxylic acids is 1. The largest absolute Gasteiger partial charge is 0.480 e. The Kier molecular flexibility index (Phi) is 3.42. The van der Waals surface area contributed by atoms with Gasteiger partial charge in [0.2, 0.25) is 6.41 Å². The molecule has 6 heteroatoms. The summed E-state index contributed by atoms with van der Waals surface area (Å²) in [7, 11) is 0. The third kappa shape index (κ3) is 2.42. The van der Waals surface area contributed by atoms with Gasteiger partial charge in [0.15, 0.2) is 6.79 Å². The van der Waals surface area contributed by atoms with Crippen LogP contribution in [0.4, 0.5) is 0 Å². The molecule has 0 aliphatic carbocycles. The van der Waals surface area contributed by atoms with Crippen molar-refractivity contribution in [1.82, 2.24) is 5.32 Å². The van der Waals surface area contributed by atoms with E-state index in [-0.39, 0.29) is 19.8 Å². The van der Waals surface area contributed by atoms with Crippen molar-refractivity contribution in [1.29, 1.82) is 0 Å². The van der Waals surface area contributed by atoms with Crippen molar-refractivity contribution in [2.75, 3.05) is 13.4 Å². The number of carboxylic acid groups (broad SMARTS) is 1. The molecule has 1 saturated heterocycles. The molecule has 70 valence electrons. The van der Waals surface area contributed by atoms with Gasteiger partial charge < -0.3 is 19.7 Å². The van der Waals surface area contributed by atoms with Gasteiger partial charge >= 0.3 is 5.97 Å². The SMILES string of the molecule is O=C(O)[C@H](CCO)NC1OCO1. The first-order valence-corrected chi connectivity index (χ1v) is 3.57. The highest BCUT2D eigenvalue weighted by Gasteiger charge is 2.25. The maximum absolute atomic E-state index is 10.5. The molecule has 6 nitrogen and oxygen atoms in total. The summed E-state index contributed by atoms with van der Waals surface area (Å²) in [4.78, 5) is 10.5. The van der Waals surface area contributed by atoms with Gasteiger partial charge in [-0.15, -0.1) is 0 Å². The van der Waals surface area contributed by atoms with E-state index in [9.17, 15) is 4.79 Å². The normalized spacial score (nSPS) is 20.1. The molecule has 0 bridgehead atoms. The van der Waals surface area contributed by atoms with Crippen LogP contribution in [-0.2, 0) is 14.3 Å². The Bertz CT molecular complexity index is 158. The Balaban J connectivity index is 2.26. The number of rotatable bonds is 5. The van der Waals surface area contributed by atoms with Crippen molar-refractivity contribution in [2.24, 2.45) is 0 Å². The fourth-order valence-corrected chi connectivity index (χ4v) is 0.804. The topological polar surface area (TPSA) is 88.0 Å². The minimum absolute atomic E-state index is 0.137. The van der Waals surface area contributed by atoms with E-state index in [1.54, 1.807) is 0 Å². The lowest BCUT2D eigenvalue weighted by atomic mass is 10.2. The second kappa shape index (κ2) is 4.36. The quantitative estimate of drug-likeness (QED) is 0.483. The predicted octanol–water partition coefficient (Wildman–Crippen LogP) is -1.30. The van der Waals surface area contributed by atoms with E-state index < -0.39 is 18.4 Å². The van der Waals surface area contributed by atoms with Crippen molar-refractivity contribution in [3.8, 4) is 0 Å². The van der Waals surface area contributed by atoms with Gasteiger partial charge in [-0.2, -0.15) is 0 Å². The predicted molar refractivity (Wildman–Crippen MR) is 37.1 cm³/mol. The standard InChI is InChI=1S/C6H11NO5/c8-2-1-4(5(9)10)7-6-11-3-12-6/h4,6-8H,1-3H2,(H,9,10)/t4-/m0/s1. The first kappa shape index (κ1) is 9.40. The first-order chi connectivity index (χ1) is 5.74. The van der Waals surface area contributed by atoms with E-state index in [1.165, 1.54) is 0 Å². The minimum Gasteiger partial charge on any atom is -0.480 e. The number of aliphatic hydroxyl groups is 1. The second-order valence-electron chi connectivity index (χ2n) is 2.35. The van der Waals surface area contributed by atoms with Crippen LogP contribution >= 0.6 is 0 Å². The van der Waals surface area contributed by atoms with Gasteiger partial charge in [0.1, 0.15) is 6.04 Å². The summed E-state index contributed by atoms with van der Waals surface area (Å²) >= 11 is 0. The summed E-state index contributed by atoms with van der Waals surface area (Å²) in [5.41, 5.74) is 0. The van der Waals surface area contributed by atoms with E-state index in [0.29, 0.717) is 0 Å². The van der Waals surface area contributed by atoms with Gasteiger partial charge in [0, 0.05) is 6.61 Å². The Morgan fingerprint density at radius 2 is 2.33 bits per heavy atom. The summed E-state index contributed by atoms with van der Waals surface area (Å²) in [6, 6.07) is -0.819. The van der Waals surface area contributed by atoms with Crippen LogP contribution in [0.5, 0.6) is 0 Å². The van der Waals surface area contributed by atoms with Gasteiger partial charge in [0.25, 0.3) is 0 Å². The van der Waals surface area contributed by atoms with E-state index in [1.807, 2.05) is 0 Å². The smallest absolute Gasteiger partial charge is 0.320 e. The van der Waals surface area contributed by atoms with E-state index in [4.69, 9.17) is 19.7 Å². The lowest BCUT2D eigenvalue weighted by Gasteiger charge is -2.29. The van der Waals surface area contributed by atoms with Gasteiger partial charge in [0.05, 0.1) is 0 Å². The number of hydrogen-bond donors (Lipinski definition) is 3. The molecule has 1 aliphatic rings. The molecule has 0 aromatic heterocycles. The molecule has 0 amide bonds. The summed E-state index contributed by atoms with van der Waals surface area (Å²) in [6.07, 6.45) is -0.504. The van der Waals surface area contributed by atoms with Crippen LogP contribution in [0, 0.1) is 0 Å². The Morgan fingerprint density at radius 1 is 1.67 bits per heavy atom. The zero-order valence-corrected chi connectivity index (χ0v) is 6.40. The van der Waals surface area contributed by atoms with Crippen LogP contribution in [0.2, 0.25) is 0 Å². The molecule has 0 spiro atoms. The van der Waals surface area contributed by atoms with Crippen LogP contribution in [0.3, 0.4) is 0 Å². The lowest BCUT2D eigenvalue weighted by Crippen LogP contribution is -2.51. The minimum atomic E-state index is -1.02. The van der Waals surface area contributed by atoms with Crippen molar-refractivity contribution in [3.05, 3.63) is 0 Å². The molecule has 0 aromatic rings.